The SMILES string of the molecule is O=C(C[C@H]1NC(=O)c2ccccc2NC1=O)NCCc1nc(-c2ccccc2)no1. The Labute approximate surface area is 171 Å². The molecule has 0 saturated heterocycles. The number of nitrogens with zero attached hydrogens (tertiary/aromatic N) is 2. The number of amides is 3. The summed E-state index contributed by atoms with van der Waals surface area (Å²) in [7, 11) is 0. The van der Waals surface area contributed by atoms with E-state index in [0.29, 0.717) is 29.4 Å². The lowest BCUT2D eigenvalue weighted by Crippen LogP contribution is -2.44. The number of carbonyl (C=O) groups is 3. The molecule has 1 atom stereocenters. The van der Waals surface area contributed by atoms with E-state index in [1.807, 2.05) is 30.3 Å². The Morgan fingerprint density at radius 2 is 1.83 bits per heavy atom. The number of hydrogen-bond donors (Lipinski definition) is 3. The number of benzene rings is 2. The fourth-order valence-electron chi connectivity index (χ4n) is 3.08. The van der Waals surface area contributed by atoms with Crippen LogP contribution in [0.25, 0.3) is 11.4 Å². The van der Waals surface area contributed by atoms with Gasteiger partial charge in [-0.25, -0.2) is 0 Å². The predicted molar refractivity (Wildman–Crippen MR) is 107 cm³/mol. The monoisotopic (exact) mass is 405 g/mol. The number of nitrogens with one attached hydrogen (secondary N) is 3. The normalized spacial score (nSPS) is 15.5. The number of fused-ring (bicyclic) bond motifs is 1. The average Bonchev–Trinajstić information content (AvgIpc) is 3.19. The molecule has 0 aliphatic carbocycles. The van der Waals surface area contributed by atoms with E-state index in [0.717, 1.165) is 5.56 Å². The van der Waals surface area contributed by atoms with Crippen LogP contribution in [0, 0.1) is 0 Å². The first-order valence-corrected chi connectivity index (χ1v) is 9.45. The third-order valence-electron chi connectivity index (χ3n) is 4.60. The zero-order valence-corrected chi connectivity index (χ0v) is 15.9. The van der Waals surface area contributed by atoms with Crippen molar-refractivity contribution in [1.82, 2.24) is 20.8 Å². The zero-order chi connectivity index (χ0) is 20.9. The van der Waals surface area contributed by atoms with Crippen LogP contribution in [0.2, 0.25) is 0 Å². The summed E-state index contributed by atoms with van der Waals surface area (Å²) in [6, 6.07) is 15.1. The lowest BCUT2D eigenvalue weighted by molar-refractivity contribution is -0.125. The standard InChI is InChI=1S/C21H19N5O4/c27-17(12-16-21(29)23-15-9-5-4-8-14(15)20(28)24-16)22-11-10-18-25-19(26-30-18)13-6-2-1-3-7-13/h1-9,16H,10-12H2,(H,22,27)(H,23,29)(H,24,28)/t16-/m1/s1. The van der Waals surface area contributed by atoms with Crippen LogP contribution in [0.4, 0.5) is 5.69 Å². The van der Waals surface area contributed by atoms with Crippen molar-refractivity contribution in [3.8, 4) is 11.4 Å². The van der Waals surface area contributed by atoms with Crippen molar-refractivity contribution in [2.24, 2.45) is 0 Å². The van der Waals surface area contributed by atoms with Gasteiger partial charge in [0.1, 0.15) is 6.04 Å². The van der Waals surface area contributed by atoms with Gasteiger partial charge in [0.05, 0.1) is 17.7 Å². The first kappa shape index (κ1) is 19.3. The predicted octanol–water partition coefficient (Wildman–Crippen LogP) is 1.54. The minimum Gasteiger partial charge on any atom is -0.356 e. The fraction of sp³-hybridized carbons (Fsp3) is 0.190. The number of rotatable bonds is 6. The number of anilines is 1. The van der Waals surface area contributed by atoms with E-state index >= 15 is 0 Å². The Hall–Kier alpha value is -4.01. The Bertz CT molecular complexity index is 1080. The van der Waals surface area contributed by atoms with E-state index in [2.05, 4.69) is 26.1 Å². The molecule has 0 saturated carbocycles. The molecular weight excluding hydrogens is 386 g/mol. The molecular formula is C21H19N5O4. The van der Waals surface area contributed by atoms with Gasteiger partial charge in [0.15, 0.2) is 0 Å². The molecule has 0 spiro atoms. The van der Waals surface area contributed by atoms with Gasteiger partial charge in [0.2, 0.25) is 23.5 Å². The Morgan fingerprint density at radius 3 is 2.67 bits per heavy atom. The number of aromatic nitrogens is 2. The van der Waals surface area contributed by atoms with Gasteiger partial charge in [0.25, 0.3) is 5.91 Å². The Morgan fingerprint density at radius 1 is 1.07 bits per heavy atom. The molecule has 1 aromatic heterocycles. The topological polar surface area (TPSA) is 126 Å². The first-order chi connectivity index (χ1) is 14.6. The summed E-state index contributed by atoms with van der Waals surface area (Å²) in [5.41, 5.74) is 1.63. The molecule has 0 unspecified atom stereocenters. The van der Waals surface area contributed by atoms with Crippen LogP contribution in [0.15, 0.2) is 59.1 Å². The Balaban J connectivity index is 1.29. The largest absolute Gasteiger partial charge is 0.356 e. The lowest BCUT2D eigenvalue weighted by atomic mass is 10.1. The number of hydrogen-bond acceptors (Lipinski definition) is 6. The van der Waals surface area contributed by atoms with Crippen LogP contribution in [-0.2, 0) is 16.0 Å². The molecule has 4 rings (SSSR count). The second-order valence-corrected chi connectivity index (χ2v) is 6.74. The van der Waals surface area contributed by atoms with Crippen molar-refractivity contribution in [1.29, 1.82) is 0 Å². The molecule has 3 amide bonds. The maximum atomic E-state index is 12.4. The van der Waals surface area contributed by atoms with Crippen LogP contribution in [-0.4, -0.2) is 40.4 Å². The van der Waals surface area contributed by atoms with Crippen LogP contribution in [0.3, 0.4) is 0 Å². The molecule has 3 aromatic rings. The highest BCUT2D eigenvalue weighted by molar-refractivity contribution is 6.10. The third kappa shape index (κ3) is 4.35. The van der Waals surface area contributed by atoms with Gasteiger partial charge in [-0.2, -0.15) is 4.98 Å². The van der Waals surface area contributed by atoms with E-state index in [1.165, 1.54) is 0 Å². The van der Waals surface area contributed by atoms with Crippen molar-refractivity contribution in [3.05, 3.63) is 66.1 Å². The smallest absolute Gasteiger partial charge is 0.254 e. The molecule has 9 heteroatoms. The molecule has 152 valence electrons. The molecule has 0 bridgehead atoms. The van der Waals surface area contributed by atoms with Crippen molar-refractivity contribution >= 4 is 23.4 Å². The second-order valence-electron chi connectivity index (χ2n) is 6.74. The van der Waals surface area contributed by atoms with Gasteiger partial charge in [-0.15, -0.1) is 0 Å². The minimum atomic E-state index is -0.960. The van der Waals surface area contributed by atoms with E-state index in [-0.39, 0.29) is 18.9 Å². The van der Waals surface area contributed by atoms with Crippen LogP contribution in [0.1, 0.15) is 22.7 Å². The maximum Gasteiger partial charge on any atom is 0.254 e. The van der Waals surface area contributed by atoms with Gasteiger partial charge >= 0.3 is 0 Å². The van der Waals surface area contributed by atoms with Crippen molar-refractivity contribution < 1.29 is 18.9 Å². The van der Waals surface area contributed by atoms with Gasteiger partial charge in [-0.3, -0.25) is 14.4 Å². The first-order valence-electron chi connectivity index (χ1n) is 9.45. The molecule has 0 fully saturated rings. The molecule has 2 aromatic carbocycles. The van der Waals surface area contributed by atoms with Crippen molar-refractivity contribution in [2.75, 3.05) is 11.9 Å². The summed E-state index contributed by atoms with van der Waals surface area (Å²) >= 11 is 0. The highest BCUT2D eigenvalue weighted by atomic mass is 16.5. The van der Waals surface area contributed by atoms with E-state index in [9.17, 15) is 14.4 Å². The molecule has 2 heterocycles. The molecule has 1 aliphatic heterocycles. The lowest BCUT2D eigenvalue weighted by Gasteiger charge is -2.14. The summed E-state index contributed by atoms with van der Waals surface area (Å²) in [5, 5.41) is 11.9. The summed E-state index contributed by atoms with van der Waals surface area (Å²) in [5.74, 6) is -0.336. The van der Waals surface area contributed by atoms with Crippen LogP contribution in [0.5, 0.6) is 0 Å². The molecule has 1 aliphatic rings. The average molecular weight is 405 g/mol. The van der Waals surface area contributed by atoms with Gasteiger partial charge in [0, 0.05) is 18.5 Å². The second kappa shape index (κ2) is 8.56. The van der Waals surface area contributed by atoms with Gasteiger partial charge in [-0.1, -0.05) is 47.6 Å². The highest BCUT2D eigenvalue weighted by Crippen LogP contribution is 2.19. The van der Waals surface area contributed by atoms with E-state index in [1.54, 1.807) is 24.3 Å². The summed E-state index contributed by atoms with van der Waals surface area (Å²) in [6.07, 6.45) is 0.172. The summed E-state index contributed by atoms with van der Waals surface area (Å²) in [6.45, 7) is 0.262. The Kier molecular flexibility index (Phi) is 5.51. The van der Waals surface area contributed by atoms with E-state index in [4.69, 9.17) is 4.52 Å². The van der Waals surface area contributed by atoms with Crippen molar-refractivity contribution in [3.63, 3.8) is 0 Å². The number of para-hydroxylation sites is 1. The maximum absolute atomic E-state index is 12.4. The van der Waals surface area contributed by atoms with Crippen LogP contribution >= 0.6 is 0 Å². The van der Waals surface area contributed by atoms with Gasteiger partial charge < -0.3 is 20.5 Å². The highest BCUT2D eigenvalue weighted by Gasteiger charge is 2.29. The molecule has 9 nitrogen and oxygen atoms in total. The zero-order valence-electron chi connectivity index (χ0n) is 15.9. The van der Waals surface area contributed by atoms with E-state index < -0.39 is 17.9 Å². The molecule has 0 radical (unpaired) electrons. The van der Waals surface area contributed by atoms with Gasteiger partial charge in [-0.05, 0) is 12.1 Å². The van der Waals surface area contributed by atoms with Crippen LogP contribution < -0.4 is 16.0 Å². The molecule has 30 heavy (non-hydrogen) atoms. The summed E-state index contributed by atoms with van der Waals surface area (Å²) in [4.78, 5) is 41.2. The third-order valence-corrected chi connectivity index (χ3v) is 4.60. The quantitative estimate of drug-likeness (QED) is 0.571. The fourth-order valence-corrected chi connectivity index (χ4v) is 3.08. The van der Waals surface area contributed by atoms with Crippen molar-refractivity contribution in [2.45, 2.75) is 18.9 Å². The minimum absolute atomic E-state index is 0.176. The number of carbonyl (C=O) groups excluding carboxylic acids is 3. The molecule has 3 N–H and O–H groups in total. The summed E-state index contributed by atoms with van der Waals surface area (Å²) < 4.78 is 5.20.